The van der Waals surface area contributed by atoms with Crippen molar-refractivity contribution in [2.75, 3.05) is 17.7 Å². The van der Waals surface area contributed by atoms with Crippen LogP contribution in [0, 0.1) is 0 Å². The number of nitrogens with zero attached hydrogens (tertiary/aromatic N) is 3. The predicted molar refractivity (Wildman–Crippen MR) is 140 cm³/mol. The number of nitrogens with one attached hydrogen (secondary N) is 1. The van der Waals surface area contributed by atoms with E-state index in [-0.39, 0.29) is 18.3 Å². The Bertz CT molecular complexity index is 1350. The van der Waals surface area contributed by atoms with E-state index in [9.17, 15) is 9.59 Å². The highest BCUT2D eigenvalue weighted by Crippen LogP contribution is 2.26. The van der Waals surface area contributed by atoms with E-state index in [1.165, 1.54) is 11.8 Å². The summed E-state index contributed by atoms with van der Waals surface area (Å²) in [6.45, 7) is 5.20. The zero-order chi connectivity index (χ0) is 25.3. The predicted octanol–water partition coefficient (Wildman–Crippen LogP) is 5.33. The number of hydrogen-bond acceptors (Lipinski definition) is 7. The minimum atomic E-state index is -0.406. The van der Waals surface area contributed by atoms with E-state index in [4.69, 9.17) is 9.47 Å². The van der Waals surface area contributed by atoms with Crippen LogP contribution < -0.4 is 10.1 Å². The number of anilines is 1. The van der Waals surface area contributed by atoms with Gasteiger partial charge in [-0.25, -0.2) is 4.79 Å². The molecule has 36 heavy (non-hydrogen) atoms. The van der Waals surface area contributed by atoms with Crippen LogP contribution in [0.5, 0.6) is 5.75 Å². The summed E-state index contributed by atoms with van der Waals surface area (Å²) in [6, 6.07) is 20.7. The lowest BCUT2D eigenvalue weighted by Crippen LogP contribution is -2.15. The van der Waals surface area contributed by atoms with Crippen molar-refractivity contribution in [3.8, 4) is 5.75 Å². The highest BCUT2D eigenvalue weighted by Gasteiger charge is 2.15. The number of carbonyl (C=O) groups excluding carboxylic acids is 2. The van der Waals surface area contributed by atoms with Gasteiger partial charge in [-0.15, -0.1) is 10.2 Å². The van der Waals surface area contributed by atoms with E-state index >= 15 is 0 Å². The van der Waals surface area contributed by atoms with E-state index < -0.39 is 5.97 Å². The molecule has 0 bridgehead atoms. The Morgan fingerprint density at radius 3 is 2.64 bits per heavy atom. The standard InChI is InChI=1S/C27H28N4O4S/c1-3-15-34-26(33)20-11-7-12-21(16-20)28-25(32)18-36-27-30-29-24(31(27)4-2)17-35-23-14-8-10-19-9-5-6-13-22(19)23/h5-14,16H,3-4,15,17-18H2,1-2H3,(H,28,32). The van der Waals surface area contributed by atoms with Gasteiger partial charge in [0.2, 0.25) is 5.91 Å². The molecule has 0 saturated heterocycles. The molecule has 1 aromatic heterocycles. The fourth-order valence-electron chi connectivity index (χ4n) is 3.64. The molecule has 8 nitrogen and oxygen atoms in total. The summed E-state index contributed by atoms with van der Waals surface area (Å²) in [5, 5.41) is 14.2. The van der Waals surface area contributed by atoms with Crippen molar-refractivity contribution in [2.45, 2.75) is 38.6 Å². The van der Waals surface area contributed by atoms with Gasteiger partial charge in [0.15, 0.2) is 11.0 Å². The van der Waals surface area contributed by atoms with Gasteiger partial charge >= 0.3 is 5.97 Å². The average molecular weight is 505 g/mol. The molecular weight excluding hydrogens is 476 g/mol. The molecule has 0 fully saturated rings. The van der Waals surface area contributed by atoms with Crippen molar-refractivity contribution in [1.82, 2.24) is 14.8 Å². The summed E-state index contributed by atoms with van der Waals surface area (Å²) in [5.74, 6) is 1.00. The Morgan fingerprint density at radius 2 is 1.81 bits per heavy atom. The lowest BCUT2D eigenvalue weighted by molar-refractivity contribution is -0.113. The molecule has 186 valence electrons. The maximum absolute atomic E-state index is 12.6. The second-order valence-corrected chi connectivity index (χ2v) is 8.91. The van der Waals surface area contributed by atoms with Gasteiger partial charge in [-0.1, -0.05) is 61.2 Å². The average Bonchev–Trinajstić information content (AvgIpc) is 3.31. The fourth-order valence-corrected chi connectivity index (χ4v) is 4.46. The first-order valence-electron chi connectivity index (χ1n) is 11.8. The molecule has 0 radical (unpaired) electrons. The molecule has 4 aromatic rings. The minimum absolute atomic E-state index is 0.146. The van der Waals surface area contributed by atoms with Crippen LogP contribution in [0.2, 0.25) is 0 Å². The highest BCUT2D eigenvalue weighted by molar-refractivity contribution is 7.99. The molecule has 0 saturated carbocycles. The number of carbonyl (C=O) groups is 2. The van der Waals surface area contributed by atoms with Crippen molar-refractivity contribution in [3.05, 3.63) is 78.1 Å². The summed E-state index contributed by atoms with van der Waals surface area (Å²) in [4.78, 5) is 24.6. The van der Waals surface area contributed by atoms with Crippen LogP contribution >= 0.6 is 11.8 Å². The first-order valence-corrected chi connectivity index (χ1v) is 12.8. The van der Waals surface area contributed by atoms with Crippen LogP contribution in [0.25, 0.3) is 10.8 Å². The number of amides is 1. The number of hydrogen-bond donors (Lipinski definition) is 1. The number of fused-ring (bicyclic) bond motifs is 1. The van der Waals surface area contributed by atoms with Crippen molar-refractivity contribution in [2.24, 2.45) is 0 Å². The maximum Gasteiger partial charge on any atom is 0.338 e. The molecule has 0 aliphatic heterocycles. The van der Waals surface area contributed by atoms with Gasteiger partial charge in [0.1, 0.15) is 12.4 Å². The SMILES string of the molecule is CCCOC(=O)c1cccc(NC(=O)CSc2nnc(COc3cccc4ccccc34)n2CC)c1. The molecule has 1 N–H and O–H groups in total. The van der Waals surface area contributed by atoms with Crippen LogP contribution in [0.4, 0.5) is 5.69 Å². The largest absolute Gasteiger partial charge is 0.485 e. The number of aromatic nitrogens is 3. The van der Waals surface area contributed by atoms with Crippen molar-refractivity contribution in [3.63, 3.8) is 0 Å². The number of benzene rings is 3. The monoisotopic (exact) mass is 504 g/mol. The van der Waals surface area contributed by atoms with Gasteiger partial charge < -0.3 is 19.4 Å². The molecular formula is C27H28N4O4S. The quantitative estimate of drug-likeness (QED) is 0.218. The van der Waals surface area contributed by atoms with Crippen molar-refractivity contribution in [1.29, 1.82) is 0 Å². The van der Waals surface area contributed by atoms with Crippen LogP contribution in [-0.4, -0.2) is 39.0 Å². The van der Waals surface area contributed by atoms with E-state index in [0.717, 1.165) is 22.9 Å². The minimum Gasteiger partial charge on any atom is -0.485 e. The first-order chi connectivity index (χ1) is 17.6. The number of esters is 1. The fraction of sp³-hybridized carbons (Fsp3) is 0.259. The summed E-state index contributed by atoms with van der Waals surface area (Å²) in [6.07, 6.45) is 0.749. The third-order valence-corrected chi connectivity index (χ3v) is 6.33. The molecule has 0 aliphatic rings. The van der Waals surface area contributed by atoms with Crippen LogP contribution in [0.1, 0.15) is 36.5 Å². The van der Waals surface area contributed by atoms with E-state index in [0.29, 0.717) is 35.4 Å². The second-order valence-electron chi connectivity index (χ2n) is 7.96. The summed E-state index contributed by atoms with van der Waals surface area (Å²) >= 11 is 1.30. The molecule has 1 amide bonds. The normalized spacial score (nSPS) is 10.8. The molecule has 0 unspecified atom stereocenters. The van der Waals surface area contributed by atoms with Gasteiger partial charge in [-0.2, -0.15) is 0 Å². The third kappa shape index (κ3) is 6.23. The summed E-state index contributed by atoms with van der Waals surface area (Å²) < 4.78 is 13.2. The molecule has 0 aliphatic carbocycles. The van der Waals surface area contributed by atoms with Gasteiger partial charge in [-0.05, 0) is 43.0 Å². The van der Waals surface area contributed by atoms with Crippen LogP contribution in [-0.2, 0) is 22.7 Å². The zero-order valence-corrected chi connectivity index (χ0v) is 21.1. The van der Waals surface area contributed by atoms with Crippen molar-refractivity contribution >= 4 is 40.1 Å². The lowest BCUT2D eigenvalue weighted by Gasteiger charge is -2.11. The third-order valence-electron chi connectivity index (χ3n) is 5.37. The number of ether oxygens (including phenoxy) is 2. The lowest BCUT2D eigenvalue weighted by atomic mass is 10.1. The van der Waals surface area contributed by atoms with Gasteiger partial charge in [-0.3, -0.25) is 4.79 Å². The molecule has 3 aromatic carbocycles. The Balaban J connectivity index is 1.35. The van der Waals surface area contributed by atoms with Gasteiger partial charge in [0, 0.05) is 17.6 Å². The molecule has 4 rings (SSSR count). The number of rotatable bonds is 11. The topological polar surface area (TPSA) is 95.3 Å². The smallest absolute Gasteiger partial charge is 0.338 e. The van der Waals surface area contributed by atoms with Crippen LogP contribution in [0.3, 0.4) is 0 Å². The molecule has 0 atom stereocenters. The van der Waals surface area contributed by atoms with Gasteiger partial charge in [0.05, 0.1) is 17.9 Å². The Hall–Kier alpha value is -3.85. The highest BCUT2D eigenvalue weighted by atomic mass is 32.2. The Morgan fingerprint density at radius 1 is 1.00 bits per heavy atom. The summed E-state index contributed by atoms with van der Waals surface area (Å²) in [5.41, 5.74) is 0.933. The van der Waals surface area contributed by atoms with Crippen LogP contribution in [0.15, 0.2) is 71.9 Å². The second kappa shape index (κ2) is 12.2. The first kappa shape index (κ1) is 25.2. The Kier molecular flexibility index (Phi) is 8.57. The number of thioether (sulfide) groups is 1. The van der Waals surface area contributed by atoms with E-state index in [2.05, 4.69) is 15.5 Å². The van der Waals surface area contributed by atoms with E-state index in [1.54, 1.807) is 24.3 Å². The molecule has 0 spiro atoms. The zero-order valence-electron chi connectivity index (χ0n) is 20.3. The summed E-state index contributed by atoms with van der Waals surface area (Å²) in [7, 11) is 0. The van der Waals surface area contributed by atoms with E-state index in [1.807, 2.05) is 60.9 Å². The van der Waals surface area contributed by atoms with Crippen molar-refractivity contribution < 1.29 is 19.1 Å². The maximum atomic E-state index is 12.6. The molecule has 9 heteroatoms. The molecule has 1 heterocycles. The Labute approximate surface area is 214 Å². The van der Waals surface area contributed by atoms with Gasteiger partial charge in [0.25, 0.3) is 0 Å².